The number of H-pyrrole nitrogens is 1. The minimum absolute atomic E-state index is 0.0636. The summed E-state index contributed by atoms with van der Waals surface area (Å²) < 4.78 is 29.2. The zero-order chi connectivity index (χ0) is 23.0. The van der Waals surface area contributed by atoms with E-state index in [-0.39, 0.29) is 16.8 Å². The average molecular weight is 436 g/mol. The summed E-state index contributed by atoms with van der Waals surface area (Å²) in [5.74, 6) is -4.25. The van der Waals surface area contributed by atoms with E-state index in [1.54, 1.807) is 0 Å². The van der Waals surface area contributed by atoms with Crippen LogP contribution >= 0.6 is 0 Å². The first-order chi connectivity index (χ1) is 15.3. The van der Waals surface area contributed by atoms with Gasteiger partial charge in [0.2, 0.25) is 5.78 Å². The third-order valence-electron chi connectivity index (χ3n) is 4.92. The molecular weight excluding hydrogens is 418 g/mol. The topological polar surface area (TPSA) is 117 Å². The molecule has 0 aliphatic rings. The van der Waals surface area contributed by atoms with Crippen molar-refractivity contribution in [2.75, 3.05) is 24.3 Å². The molecule has 10 heteroatoms. The second-order valence-corrected chi connectivity index (χ2v) is 7.20. The summed E-state index contributed by atoms with van der Waals surface area (Å²) in [7, 11) is 3.79. The van der Waals surface area contributed by atoms with Crippen LogP contribution in [0.25, 0.3) is 11.0 Å². The summed E-state index contributed by atoms with van der Waals surface area (Å²) in [6.07, 6.45) is 2.58. The lowest BCUT2D eigenvalue weighted by Crippen LogP contribution is -2.17. The molecule has 4 rings (SSSR count). The summed E-state index contributed by atoms with van der Waals surface area (Å²) in [6.45, 7) is 0. The molecule has 0 bridgehead atoms. The van der Waals surface area contributed by atoms with Gasteiger partial charge in [-0.3, -0.25) is 9.59 Å². The van der Waals surface area contributed by atoms with Crippen molar-refractivity contribution in [2.45, 2.75) is 0 Å². The van der Waals surface area contributed by atoms with Gasteiger partial charge in [-0.1, -0.05) is 6.07 Å². The number of nitrogens with one attached hydrogen (secondary N) is 2. The number of carbonyl (C=O) groups is 2. The van der Waals surface area contributed by atoms with E-state index < -0.39 is 34.5 Å². The summed E-state index contributed by atoms with van der Waals surface area (Å²) in [6, 6.07) is 9.17. The highest BCUT2D eigenvalue weighted by molar-refractivity contribution is 6.19. The lowest BCUT2D eigenvalue weighted by atomic mass is 9.99. The largest absolute Gasteiger partial charge is 0.378 e. The highest BCUT2D eigenvalue weighted by Gasteiger charge is 2.27. The Bertz CT molecular complexity index is 1370. The fourth-order valence-electron chi connectivity index (χ4n) is 3.32. The number of hydrogen-bond acceptors (Lipinski definition) is 6. The van der Waals surface area contributed by atoms with Crippen LogP contribution < -0.4 is 16.0 Å². The van der Waals surface area contributed by atoms with Crippen molar-refractivity contribution < 1.29 is 18.4 Å². The van der Waals surface area contributed by atoms with Gasteiger partial charge in [0.25, 0.3) is 5.91 Å². The molecule has 0 saturated carbocycles. The minimum Gasteiger partial charge on any atom is -0.378 e. The molecule has 32 heavy (non-hydrogen) atoms. The van der Waals surface area contributed by atoms with Gasteiger partial charge in [-0.25, -0.2) is 18.7 Å². The molecule has 0 radical (unpaired) electrons. The van der Waals surface area contributed by atoms with E-state index in [1.807, 2.05) is 43.3 Å². The second kappa shape index (κ2) is 8.06. The van der Waals surface area contributed by atoms with Gasteiger partial charge < -0.3 is 20.9 Å². The molecule has 8 nitrogen and oxygen atoms in total. The number of nitrogens with zero attached hydrogens (tertiary/aromatic N) is 3. The fraction of sp³-hybridized carbons (Fsp3) is 0.0909. The Hall–Kier alpha value is -4.34. The zero-order valence-electron chi connectivity index (χ0n) is 17.1. The van der Waals surface area contributed by atoms with Crippen molar-refractivity contribution in [1.29, 1.82) is 0 Å². The molecule has 0 aliphatic carbocycles. The molecule has 2 aromatic carbocycles. The Morgan fingerprint density at radius 1 is 1.09 bits per heavy atom. The number of fused-ring (bicyclic) bond motifs is 1. The number of amides is 1. The summed E-state index contributed by atoms with van der Waals surface area (Å²) >= 11 is 0. The fourth-order valence-corrected chi connectivity index (χ4v) is 3.32. The Morgan fingerprint density at radius 2 is 1.88 bits per heavy atom. The third-order valence-corrected chi connectivity index (χ3v) is 4.92. The number of carbonyl (C=O) groups excluding carboxylic acids is 2. The van der Waals surface area contributed by atoms with E-state index in [0.29, 0.717) is 11.3 Å². The minimum atomic E-state index is -1.32. The molecule has 0 saturated heterocycles. The zero-order valence-corrected chi connectivity index (χ0v) is 17.1. The SMILES string of the molecule is CN(C)c1cccc(Nc2ncnc3[nH]cc(C(=O)c4c(F)ccc(C(N)=O)c4F)c23)c1. The van der Waals surface area contributed by atoms with Gasteiger partial charge in [0, 0.05) is 31.7 Å². The van der Waals surface area contributed by atoms with Crippen molar-refractivity contribution in [3.8, 4) is 0 Å². The van der Waals surface area contributed by atoms with Crippen molar-refractivity contribution in [1.82, 2.24) is 15.0 Å². The predicted octanol–water partition coefficient (Wildman–Crippen LogP) is 3.38. The highest BCUT2D eigenvalue weighted by Crippen LogP contribution is 2.30. The molecule has 4 aromatic rings. The first-order valence-electron chi connectivity index (χ1n) is 9.47. The van der Waals surface area contributed by atoms with E-state index in [1.165, 1.54) is 12.5 Å². The molecule has 0 spiro atoms. The van der Waals surface area contributed by atoms with Gasteiger partial charge in [-0.05, 0) is 30.3 Å². The Labute approximate surface area is 181 Å². The predicted molar refractivity (Wildman–Crippen MR) is 116 cm³/mol. The number of benzene rings is 2. The number of nitrogens with two attached hydrogens (primary N) is 1. The van der Waals surface area contributed by atoms with Crippen LogP contribution in [-0.4, -0.2) is 40.7 Å². The maximum absolute atomic E-state index is 14.8. The van der Waals surface area contributed by atoms with E-state index in [0.717, 1.165) is 17.8 Å². The maximum Gasteiger partial charge on any atom is 0.251 e. The molecule has 0 atom stereocenters. The van der Waals surface area contributed by atoms with Gasteiger partial charge in [0.1, 0.15) is 29.4 Å². The first-order valence-corrected chi connectivity index (χ1v) is 9.47. The molecule has 2 aromatic heterocycles. The maximum atomic E-state index is 14.8. The van der Waals surface area contributed by atoms with Gasteiger partial charge in [-0.15, -0.1) is 0 Å². The molecule has 1 amide bonds. The number of halogens is 2. The molecule has 2 heterocycles. The van der Waals surface area contributed by atoms with Crippen LogP contribution in [0.3, 0.4) is 0 Å². The number of primary amides is 1. The molecule has 0 aliphatic heterocycles. The number of hydrogen-bond donors (Lipinski definition) is 3. The monoisotopic (exact) mass is 436 g/mol. The van der Waals surface area contributed by atoms with Crippen LogP contribution in [-0.2, 0) is 0 Å². The van der Waals surface area contributed by atoms with E-state index in [2.05, 4.69) is 20.3 Å². The van der Waals surface area contributed by atoms with E-state index >= 15 is 0 Å². The first kappa shape index (κ1) is 20.9. The van der Waals surface area contributed by atoms with Crippen molar-refractivity contribution in [3.63, 3.8) is 0 Å². The summed E-state index contributed by atoms with van der Waals surface area (Å²) in [5, 5.41) is 3.37. The van der Waals surface area contributed by atoms with Crippen LogP contribution in [0.1, 0.15) is 26.3 Å². The molecule has 0 unspecified atom stereocenters. The standard InChI is InChI=1S/C22H18F2N6O2/c1-30(2)12-5-3-4-11(8-12)29-22-16-14(9-26-21(16)27-10-28-22)19(31)17-15(23)7-6-13(18(17)24)20(25)32/h3-10H,1-2H3,(H2,25,32)(H2,26,27,28,29). The van der Waals surface area contributed by atoms with Crippen LogP contribution in [0, 0.1) is 11.6 Å². The van der Waals surface area contributed by atoms with Crippen LogP contribution in [0.15, 0.2) is 48.9 Å². The number of aromatic amines is 1. The van der Waals surface area contributed by atoms with Crippen molar-refractivity contribution in [2.24, 2.45) is 5.73 Å². The Kier molecular flexibility index (Phi) is 5.27. The molecule has 4 N–H and O–H groups in total. The lowest BCUT2D eigenvalue weighted by Gasteiger charge is -2.14. The van der Waals surface area contributed by atoms with Crippen LogP contribution in [0.2, 0.25) is 0 Å². The number of anilines is 3. The normalized spacial score (nSPS) is 10.9. The Morgan fingerprint density at radius 3 is 2.59 bits per heavy atom. The molecule has 0 fully saturated rings. The summed E-state index contributed by atoms with van der Waals surface area (Å²) in [5.41, 5.74) is 5.51. The number of ketones is 1. The third kappa shape index (κ3) is 3.62. The van der Waals surface area contributed by atoms with Crippen LogP contribution in [0.5, 0.6) is 0 Å². The van der Waals surface area contributed by atoms with Gasteiger partial charge >= 0.3 is 0 Å². The lowest BCUT2D eigenvalue weighted by molar-refractivity contribution is 0.0996. The van der Waals surface area contributed by atoms with E-state index in [9.17, 15) is 18.4 Å². The Balaban J connectivity index is 1.83. The van der Waals surface area contributed by atoms with Gasteiger partial charge in [-0.2, -0.15) is 0 Å². The smallest absolute Gasteiger partial charge is 0.251 e. The van der Waals surface area contributed by atoms with Crippen molar-refractivity contribution >= 4 is 39.9 Å². The number of rotatable bonds is 6. The quantitative estimate of drug-likeness (QED) is 0.399. The average Bonchev–Trinajstić information content (AvgIpc) is 3.19. The van der Waals surface area contributed by atoms with E-state index in [4.69, 9.17) is 5.73 Å². The second-order valence-electron chi connectivity index (χ2n) is 7.20. The molecular formula is C22H18F2N6O2. The van der Waals surface area contributed by atoms with Crippen LogP contribution in [0.4, 0.5) is 26.0 Å². The van der Waals surface area contributed by atoms with Gasteiger partial charge in [0.15, 0.2) is 0 Å². The highest BCUT2D eigenvalue weighted by atomic mass is 19.1. The molecule has 162 valence electrons. The summed E-state index contributed by atoms with van der Waals surface area (Å²) in [4.78, 5) is 37.6. The van der Waals surface area contributed by atoms with Crippen molar-refractivity contribution in [3.05, 3.63) is 77.2 Å². The number of aromatic nitrogens is 3. The van der Waals surface area contributed by atoms with Gasteiger partial charge in [0.05, 0.1) is 22.1 Å².